The summed E-state index contributed by atoms with van der Waals surface area (Å²) < 4.78 is 28.9. The summed E-state index contributed by atoms with van der Waals surface area (Å²) in [4.78, 5) is 17.9. The minimum absolute atomic E-state index is 0.184. The maximum Gasteiger partial charge on any atom is 0.251 e. The zero-order chi connectivity index (χ0) is 23.8. The van der Waals surface area contributed by atoms with E-state index in [1.165, 1.54) is 32.1 Å². The Kier molecular flexibility index (Phi) is 9.25. The van der Waals surface area contributed by atoms with E-state index in [2.05, 4.69) is 15.1 Å². The van der Waals surface area contributed by atoms with Gasteiger partial charge in [-0.1, -0.05) is 19.3 Å². The van der Waals surface area contributed by atoms with Crippen LogP contribution in [0.4, 0.5) is 5.69 Å². The van der Waals surface area contributed by atoms with Crippen LogP contribution in [-0.2, 0) is 10.0 Å². The first kappa shape index (κ1) is 25.5. The van der Waals surface area contributed by atoms with Gasteiger partial charge in [0.15, 0.2) is 0 Å². The lowest BCUT2D eigenvalue weighted by molar-refractivity contribution is 0.0951. The van der Waals surface area contributed by atoms with Crippen molar-refractivity contribution < 1.29 is 13.2 Å². The molecule has 7 nitrogen and oxygen atoms in total. The van der Waals surface area contributed by atoms with Crippen molar-refractivity contribution in [2.24, 2.45) is 0 Å². The summed E-state index contributed by atoms with van der Waals surface area (Å²) in [5.41, 5.74) is 1.19. The Hall–Kier alpha value is -1.64. The van der Waals surface area contributed by atoms with Crippen LogP contribution in [0.3, 0.4) is 0 Å². The standard InChI is InChI=1S/C26H42N4O3S/c31-26(27-14-11-17-28-15-5-1-2-6-16-28)23-12-13-24(29-18-7-3-8-19-29)25(22-23)34(32,33)30-20-9-4-10-21-30/h12-13,22H,1-11,14-21H2,(H,27,31). The van der Waals surface area contributed by atoms with Crippen LogP contribution in [0.25, 0.3) is 0 Å². The second-order valence-corrected chi connectivity index (χ2v) is 12.0. The van der Waals surface area contributed by atoms with Crippen molar-refractivity contribution in [1.29, 1.82) is 0 Å². The molecule has 1 amide bonds. The largest absolute Gasteiger partial charge is 0.370 e. The number of nitrogens with one attached hydrogen (secondary N) is 1. The predicted molar refractivity (Wildman–Crippen MR) is 137 cm³/mol. The molecule has 3 heterocycles. The average Bonchev–Trinajstić information content (AvgIpc) is 3.16. The van der Waals surface area contributed by atoms with E-state index in [9.17, 15) is 13.2 Å². The Morgan fingerprint density at radius 1 is 0.794 bits per heavy atom. The molecule has 3 fully saturated rings. The third-order valence-corrected chi connectivity index (χ3v) is 9.41. The van der Waals surface area contributed by atoms with Crippen LogP contribution >= 0.6 is 0 Å². The lowest BCUT2D eigenvalue weighted by Crippen LogP contribution is -2.38. The van der Waals surface area contributed by atoms with Crippen molar-refractivity contribution in [2.75, 3.05) is 57.3 Å². The monoisotopic (exact) mass is 490 g/mol. The lowest BCUT2D eigenvalue weighted by atomic mass is 10.1. The number of piperidine rings is 2. The summed E-state index contributed by atoms with van der Waals surface area (Å²) in [6.07, 6.45) is 12.3. The quantitative estimate of drug-likeness (QED) is 0.561. The molecule has 0 saturated carbocycles. The molecule has 0 aliphatic carbocycles. The van der Waals surface area contributed by atoms with E-state index in [1.807, 2.05) is 6.07 Å². The fraction of sp³-hybridized carbons (Fsp3) is 0.731. The van der Waals surface area contributed by atoms with Gasteiger partial charge in [-0.3, -0.25) is 4.79 Å². The molecule has 4 rings (SSSR count). The molecule has 34 heavy (non-hydrogen) atoms. The Labute approximate surface area is 205 Å². The summed E-state index contributed by atoms with van der Waals surface area (Å²) in [6.45, 7) is 6.78. The number of hydrogen-bond donors (Lipinski definition) is 1. The van der Waals surface area contributed by atoms with Gasteiger partial charge in [-0.05, 0) is 89.2 Å². The van der Waals surface area contributed by atoms with Gasteiger partial charge >= 0.3 is 0 Å². The number of benzene rings is 1. The van der Waals surface area contributed by atoms with E-state index in [1.54, 1.807) is 16.4 Å². The summed E-state index contributed by atoms with van der Waals surface area (Å²) >= 11 is 0. The molecular weight excluding hydrogens is 448 g/mol. The SMILES string of the molecule is O=C(NCCCN1CCCCCC1)c1ccc(N2CCCCC2)c(S(=O)(=O)N2CCCCC2)c1. The fourth-order valence-electron chi connectivity index (χ4n) is 5.47. The minimum atomic E-state index is -3.64. The fourth-order valence-corrected chi connectivity index (χ4v) is 7.22. The zero-order valence-electron chi connectivity index (χ0n) is 20.6. The molecule has 3 aliphatic heterocycles. The van der Waals surface area contributed by atoms with Gasteiger partial charge in [0.25, 0.3) is 5.91 Å². The smallest absolute Gasteiger partial charge is 0.251 e. The molecule has 3 saturated heterocycles. The van der Waals surface area contributed by atoms with Crippen LogP contribution in [0.5, 0.6) is 0 Å². The number of sulfonamides is 1. The van der Waals surface area contributed by atoms with E-state index < -0.39 is 10.0 Å². The maximum atomic E-state index is 13.7. The second-order valence-electron chi connectivity index (χ2n) is 10.1. The molecule has 0 unspecified atom stereocenters. The van der Waals surface area contributed by atoms with Gasteiger partial charge in [0.1, 0.15) is 4.90 Å². The zero-order valence-corrected chi connectivity index (χ0v) is 21.5. The number of nitrogens with zero attached hydrogens (tertiary/aromatic N) is 3. The van der Waals surface area contributed by atoms with Gasteiger partial charge in [-0.15, -0.1) is 0 Å². The summed E-state index contributed by atoms with van der Waals surface area (Å²) in [7, 11) is -3.64. The number of rotatable bonds is 8. The first-order valence-electron chi connectivity index (χ1n) is 13.5. The van der Waals surface area contributed by atoms with Crippen molar-refractivity contribution in [2.45, 2.75) is 75.5 Å². The lowest BCUT2D eigenvalue weighted by Gasteiger charge is -2.33. The third-order valence-electron chi connectivity index (χ3n) is 7.49. The summed E-state index contributed by atoms with van der Waals surface area (Å²) in [5, 5.41) is 3.02. The summed E-state index contributed by atoms with van der Waals surface area (Å²) in [6, 6.07) is 5.27. The Balaban J connectivity index is 1.45. The molecule has 0 radical (unpaired) electrons. The van der Waals surface area contributed by atoms with Crippen molar-refractivity contribution in [3.05, 3.63) is 23.8 Å². The molecule has 0 bridgehead atoms. The normalized spacial score (nSPS) is 21.2. The van der Waals surface area contributed by atoms with Crippen LogP contribution in [0, 0.1) is 0 Å². The van der Waals surface area contributed by atoms with Gasteiger partial charge in [-0.2, -0.15) is 4.31 Å². The second kappa shape index (κ2) is 12.4. The highest BCUT2D eigenvalue weighted by Crippen LogP contribution is 2.32. The molecular formula is C26H42N4O3S. The Bertz CT molecular complexity index is 901. The number of carbonyl (C=O) groups is 1. The number of anilines is 1. The molecule has 0 atom stereocenters. The van der Waals surface area contributed by atoms with Crippen LogP contribution in [-0.4, -0.2) is 75.9 Å². The van der Waals surface area contributed by atoms with Gasteiger partial charge in [0.2, 0.25) is 10.0 Å². The molecule has 1 aromatic rings. The molecule has 1 aromatic carbocycles. The topological polar surface area (TPSA) is 73.0 Å². The van der Waals surface area contributed by atoms with Crippen molar-refractivity contribution in [3.8, 4) is 0 Å². The van der Waals surface area contributed by atoms with Crippen LogP contribution in [0.1, 0.15) is 81.0 Å². The van der Waals surface area contributed by atoms with Crippen LogP contribution < -0.4 is 10.2 Å². The Morgan fingerprint density at radius 2 is 1.38 bits per heavy atom. The van der Waals surface area contributed by atoms with Gasteiger partial charge in [0, 0.05) is 38.3 Å². The maximum absolute atomic E-state index is 13.7. The predicted octanol–water partition coefficient (Wildman–Crippen LogP) is 3.85. The highest BCUT2D eigenvalue weighted by Gasteiger charge is 2.31. The molecule has 0 spiro atoms. The highest BCUT2D eigenvalue weighted by atomic mass is 32.2. The highest BCUT2D eigenvalue weighted by molar-refractivity contribution is 7.89. The van der Waals surface area contributed by atoms with Crippen LogP contribution in [0.15, 0.2) is 23.1 Å². The molecule has 1 N–H and O–H groups in total. The van der Waals surface area contributed by atoms with Gasteiger partial charge in [0.05, 0.1) is 5.69 Å². The Morgan fingerprint density at radius 3 is 2.06 bits per heavy atom. The first-order valence-corrected chi connectivity index (χ1v) is 14.9. The molecule has 190 valence electrons. The first-order chi connectivity index (χ1) is 16.6. The third kappa shape index (κ3) is 6.52. The van der Waals surface area contributed by atoms with E-state index >= 15 is 0 Å². The number of amides is 1. The van der Waals surface area contributed by atoms with E-state index in [0.29, 0.717) is 30.1 Å². The molecule has 3 aliphatic rings. The summed E-state index contributed by atoms with van der Waals surface area (Å²) in [5.74, 6) is -0.184. The molecule has 0 aromatic heterocycles. The van der Waals surface area contributed by atoms with Crippen molar-refractivity contribution >= 4 is 21.6 Å². The number of hydrogen-bond acceptors (Lipinski definition) is 5. The van der Waals surface area contributed by atoms with Crippen molar-refractivity contribution in [3.63, 3.8) is 0 Å². The van der Waals surface area contributed by atoms with E-state index in [-0.39, 0.29) is 5.91 Å². The van der Waals surface area contributed by atoms with Gasteiger partial charge < -0.3 is 15.1 Å². The number of likely N-dealkylation sites (tertiary alicyclic amines) is 1. The van der Waals surface area contributed by atoms with E-state index in [0.717, 1.165) is 76.9 Å². The number of carbonyl (C=O) groups excluding carboxylic acids is 1. The molecule has 8 heteroatoms. The van der Waals surface area contributed by atoms with Crippen molar-refractivity contribution in [1.82, 2.24) is 14.5 Å². The van der Waals surface area contributed by atoms with Crippen LogP contribution in [0.2, 0.25) is 0 Å². The minimum Gasteiger partial charge on any atom is -0.370 e. The van der Waals surface area contributed by atoms with Gasteiger partial charge in [-0.25, -0.2) is 8.42 Å². The van der Waals surface area contributed by atoms with E-state index in [4.69, 9.17) is 0 Å². The average molecular weight is 491 g/mol.